The van der Waals surface area contributed by atoms with E-state index in [9.17, 15) is 9.18 Å². The molecular formula is C26H18Cl2FNO. The second-order valence-corrected chi connectivity index (χ2v) is 8.53. The molecule has 0 aliphatic carbocycles. The highest BCUT2D eigenvalue weighted by Gasteiger charge is 2.35. The smallest absolute Gasteiger partial charge is 0.228 e. The minimum Gasteiger partial charge on any atom is -0.308 e. The van der Waals surface area contributed by atoms with Gasteiger partial charge in [0.25, 0.3) is 0 Å². The molecule has 0 aromatic heterocycles. The molecule has 5 rings (SSSR count). The molecule has 4 aromatic carbocycles. The maximum atomic E-state index is 13.4. The molecule has 154 valence electrons. The average Bonchev–Trinajstić information content (AvgIpc) is 2.77. The third kappa shape index (κ3) is 3.58. The van der Waals surface area contributed by atoms with Crippen LogP contribution in [0.5, 0.6) is 0 Å². The maximum absolute atomic E-state index is 13.4. The molecule has 0 bridgehead atoms. The molecule has 4 aromatic rings. The predicted octanol–water partition coefficient (Wildman–Crippen LogP) is 7.35. The van der Waals surface area contributed by atoms with Crippen molar-refractivity contribution in [2.75, 3.05) is 4.90 Å². The molecule has 5 heteroatoms. The summed E-state index contributed by atoms with van der Waals surface area (Å²) in [5.41, 5.74) is 3.51. The maximum Gasteiger partial charge on any atom is 0.228 e. The highest BCUT2D eigenvalue weighted by atomic mass is 35.5. The number of rotatable bonds is 3. The van der Waals surface area contributed by atoms with Crippen LogP contribution in [0.15, 0.2) is 78.9 Å². The molecule has 1 aliphatic rings. The van der Waals surface area contributed by atoms with Crippen LogP contribution in [0.4, 0.5) is 10.1 Å². The van der Waals surface area contributed by atoms with E-state index in [0.717, 1.165) is 33.2 Å². The predicted molar refractivity (Wildman–Crippen MR) is 124 cm³/mol. The molecule has 0 saturated heterocycles. The van der Waals surface area contributed by atoms with Crippen molar-refractivity contribution in [3.8, 4) is 0 Å². The molecule has 0 fully saturated rings. The number of halogens is 3. The third-order valence-corrected chi connectivity index (χ3v) is 6.53. The standard InChI is InChI=1S/C26H18Cl2FNO/c27-21-6-3-7-22(28)26(21)20-14-24(31)30(15-16-8-11-18(29)12-9-16)23-13-10-17-4-1-2-5-19(17)25(20)23/h1-13,20H,14-15H2. The number of benzene rings is 4. The van der Waals surface area contributed by atoms with Crippen LogP contribution in [0.25, 0.3) is 10.8 Å². The number of amides is 1. The Morgan fingerprint density at radius 2 is 1.55 bits per heavy atom. The van der Waals surface area contributed by atoms with Crippen molar-refractivity contribution in [1.29, 1.82) is 0 Å². The summed E-state index contributed by atoms with van der Waals surface area (Å²) in [6.45, 7) is 0.368. The molecular weight excluding hydrogens is 432 g/mol. The molecule has 31 heavy (non-hydrogen) atoms. The van der Waals surface area contributed by atoms with E-state index in [0.29, 0.717) is 16.6 Å². The Bertz CT molecular complexity index is 1280. The largest absolute Gasteiger partial charge is 0.308 e. The van der Waals surface area contributed by atoms with Crippen molar-refractivity contribution in [3.05, 3.63) is 111 Å². The van der Waals surface area contributed by atoms with Crippen molar-refractivity contribution in [2.45, 2.75) is 18.9 Å². The van der Waals surface area contributed by atoms with Gasteiger partial charge in [0.1, 0.15) is 5.82 Å². The summed E-state index contributed by atoms with van der Waals surface area (Å²) in [6.07, 6.45) is 0.256. The monoisotopic (exact) mass is 449 g/mol. The van der Waals surface area contributed by atoms with Crippen molar-refractivity contribution in [3.63, 3.8) is 0 Å². The fraction of sp³-hybridized carbons (Fsp3) is 0.115. The quantitative estimate of drug-likeness (QED) is 0.320. The van der Waals surface area contributed by atoms with Crippen LogP contribution >= 0.6 is 23.2 Å². The molecule has 1 amide bonds. The number of anilines is 1. The first-order chi connectivity index (χ1) is 15.0. The van der Waals surface area contributed by atoms with E-state index in [2.05, 4.69) is 12.1 Å². The zero-order chi connectivity index (χ0) is 21.5. The number of carbonyl (C=O) groups excluding carboxylic acids is 1. The lowest BCUT2D eigenvalue weighted by Crippen LogP contribution is -2.36. The first-order valence-corrected chi connectivity index (χ1v) is 10.8. The van der Waals surface area contributed by atoms with E-state index in [4.69, 9.17) is 23.2 Å². The van der Waals surface area contributed by atoms with Gasteiger partial charge in [0, 0.05) is 28.1 Å². The van der Waals surface area contributed by atoms with Gasteiger partial charge in [0.2, 0.25) is 5.91 Å². The number of nitrogens with zero attached hydrogens (tertiary/aromatic N) is 1. The lowest BCUT2D eigenvalue weighted by molar-refractivity contribution is -0.119. The first-order valence-electron chi connectivity index (χ1n) is 10.0. The second-order valence-electron chi connectivity index (χ2n) is 7.72. The van der Waals surface area contributed by atoms with Gasteiger partial charge < -0.3 is 4.90 Å². The topological polar surface area (TPSA) is 20.3 Å². The summed E-state index contributed by atoms with van der Waals surface area (Å²) < 4.78 is 13.4. The third-order valence-electron chi connectivity index (χ3n) is 5.87. The fourth-order valence-corrected chi connectivity index (χ4v) is 5.10. The lowest BCUT2D eigenvalue weighted by Gasteiger charge is -2.36. The van der Waals surface area contributed by atoms with E-state index >= 15 is 0 Å². The second kappa shape index (κ2) is 7.99. The Morgan fingerprint density at radius 3 is 2.29 bits per heavy atom. The SMILES string of the molecule is O=C1CC(c2c(Cl)cccc2Cl)c2c(ccc3ccccc23)N1Cc1ccc(F)cc1. The molecule has 2 nitrogen and oxygen atoms in total. The Labute approximate surface area is 189 Å². The van der Waals surface area contributed by atoms with Gasteiger partial charge in [-0.25, -0.2) is 4.39 Å². The minimum absolute atomic E-state index is 0.0203. The highest BCUT2D eigenvalue weighted by Crippen LogP contribution is 2.47. The first kappa shape index (κ1) is 20.0. The van der Waals surface area contributed by atoms with Crippen LogP contribution in [0.1, 0.15) is 29.0 Å². The van der Waals surface area contributed by atoms with E-state index in [1.165, 1.54) is 12.1 Å². The Hall–Kier alpha value is -2.88. The van der Waals surface area contributed by atoms with Crippen molar-refractivity contribution >= 4 is 45.6 Å². The molecule has 1 heterocycles. The molecule has 0 N–H and O–H groups in total. The summed E-state index contributed by atoms with van der Waals surface area (Å²) in [6, 6.07) is 23.8. The molecule has 1 atom stereocenters. The van der Waals surface area contributed by atoms with E-state index in [1.807, 2.05) is 42.5 Å². The number of fused-ring (bicyclic) bond motifs is 3. The van der Waals surface area contributed by atoms with Gasteiger partial charge >= 0.3 is 0 Å². The van der Waals surface area contributed by atoms with Gasteiger partial charge in [-0.3, -0.25) is 4.79 Å². The average molecular weight is 450 g/mol. The zero-order valence-electron chi connectivity index (χ0n) is 16.5. The van der Waals surface area contributed by atoms with Crippen LogP contribution in [0, 0.1) is 5.82 Å². The van der Waals surface area contributed by atoms with Gasteiger partial charge in [-0.1, -0.05) is 71.7 Å². The number of carbonyl (C=O) groups is 1. The van der Waals surface area contributed by atoms with Gasteiger partial charge in [0.15, 0.2) is 0 Å². The Morgan fingerprint density at radius 1 is 0.839 bits per heavy atom. The Balaban J connectivity index is 1.71. The molecule has 0 radical (unpaired) electrons. The normalized spacial score (nSPS) is 15.9. The van der Waals surface area contributed by atoms with E-state index < -0.39 is 0 Å². The van der Waals surface area contributed by atoms with Gasteiger partial charge in [-0.2, -0.15) is 0 Å². The van der Waals surface area contributed by atoms with E-state index in [1.54, 1.807) is 17.0 Å². The van der Waals surface area contributed by atoms with Crippen molar-refractivity contribution in [2.24, 2.45) is 0 Å². The highest BCUT2D eigenvalue weighted by molar-refractivity contribution is 6.36. The van der Waals surface area contributed by atoms with Crippen molar-refractivity contribution in [1.82, 2.24) is 0 Å². The van der Waals surface area contributed by atoms with Gasteiger partial charge in [-0.15, -0.1) is 0 Å². The lowest BCUT2D eigenvalue weighted by atomic mass is 9.81. The summed E-state index contributed by atoms with van der Waals surface area (Å²) in [4.78, 5) is 15.1. The van der Waals surface area contributed by atoms with Gasteiger partial charge in [-0.05, 0) is 57.8 Å². The van der Waals surface area contributed by atoms with Crippen LogP contribution < -0.4 is 4.90 Å². The summed E-state index contributed by atoms with van der Waals surface area (Å²) in [5.74, 6) is -0.569. The molecule has 1 aliphatic heterocycles. The molecule has 1 unspecified atom stereocenters. The number of hydrogen-bond donors (Lipinski definition) is 0. The van der Waals surface area contributed by atoms with Crippen LogP contribution in [-0.4, -0.2) is 5.91 Å². The summed E-state index contributed by atoms with van der Waals surface area (Å²) in [5, 5.41) is 3.26. The molecule has 0 saturated carbocycles. The van der Waals surface area contributed by atoms with Crippen LogP contribution in [0.2, 0.25) is 10.0 Å². The Kier molecular flexibility index (Phi) is 5.17. The van der Waals surface area contributed by atoms with Crippen molar-refractivity contribution < 1.29 is 9.18 Å². The summed E-state index contributed by atoms with van der Waals surface area (Å²) >= 11 is 13.1. The summed E-state index contributed by atoms with van der Waals surface area (Å²) in [7, 11) is 0. The van der Waals surface area contributed by atoms with Crippen LogP contribution in [0.3, 0.4) is 0 Å². The number of hydrogen-bond acceptors (Lipinski definition) is 1. The fourth-order valence-electron chi connectivity index (χ4n) is 4.44. The van der Waals surface area contributed by atoms with E-state index in [-0.39, 0.29) is 24.1 Å². The zero-order valence-corrected chi connectivity index (χ0v) is 18.0. The van der Waals surface area contributed by atoms with Crippen LogP contribution in [-0.2, 0) is 11.3 Å². The van der Waals surface area contributed by atoms with Gasteiger partial charge in [0.05, 0.1) is 6.54 Å². The minimum atomic E-state index is -0.298. The molecule has 0 spiro atoms.